The van der Waals surface area contributed by atoms with Crippen LogP contribution in [0.1, 0.15) is 11.1 Å². The number of hydrogen-bond donors (Lipinski definition) is 0. The molecule has 0 amide bonds. The van der Waals surface area contributed by atoms with Gasteiger partial charge in [0.05, 0.1) is 4.92 Å². The maximum atomic E-state index is 13.7. The molecule has 4 nitrogen and oxygen atoms in total. The Bertz CT molecular complexity index is 721. The minimum atomic E-state index is -0.806. The number of hydrogen-bond acceptors (Lipinski definition) is 3. The summed E-state index contributed by atoms with van der Waals surface area (Å²) < 4.78 is 13.7. The summed E-state index contributed by atoms with van der Waals surface area (Å²) >= 11 is 5.97. The maximum absolute atomic E-state index is 13.7. The van der Waals surface area contributed by atoms with Crippen molar-refractivity contribution in [2.75, 3.05) is 11.4 Å². The van der Waals surface area contributed by atoms with E-state index in [2.05, 4.69) is 0 Å². The number of rotatable bonds is 2. The maximum Gasteiger partial charge on any atom is 0.327 e. The van der Waals surface area contributed by atoms with Crippen LogP contribution in [-0.2, 0) is 13.0 Å². The van der Waals surface area contributed by atoms with Crippen molar-refractivity contribution in [1.29, 1.82) is 0 Å². The minimum Gasteiger partial charge on any atom is -0.361 e. The third-order valence-corrected chi connectivity index (χ3v) is 3.90. The second kappa shape index (κ2) is 5.33. The average Bonchev–Trinajstić information content (AvgIpc) is 2.46. The van der Waals surface area contributed by atoms with Crippen molar-refractivity contribution in [3.63, 3.8) is 0 Å². The van der Waals surface area contributed by atoms with Crippen molar-refractivity contribution < 1.29 is 9.31 Å². The predicted octanol–water partition coefficient (Wildman–Crippen LogP) is 3.95. The van der Waals surface area contributed by atoms with E-state index in [9.17, 15) is 14.5 Å². The van der Waals surface area contributed by atoms with Gasteiger partial charge in [0.2, 0.25) is 5.82 Å². The van der Waals surface area contributed by atoms with Crippen LogP contribution in [0.4, 0.5) is 15.8 Å². The molecule has 108 valence electrons. The molecule has 2 aromatic carbocycles. The van der Waals surface area contributed by atoms with Crippen LogP contribution < -0.4 is 4.90 Å². The van der Waals surface area contributed by atoms with Crippen LogP contribution in [0.3, 0.4) is 0 Å². The third-order valence-electron chi connectivity index (χ3n) is 3.67. The molecule has 0 saturated carbocycles. The molecule has 0 saturated heterocycles. The molecule has 0 fully saturated rings. The van der Waals surface area contributed by atoms with E-state index in [0.717, 1.165) is 23.6 Å². The van der Waals surface area contributed by atoms with E-state index in [1.54, 1.807) is 12.1 Å². The van der Waals surface area contributed by atoms with Gasteiger partial charge < -0.3 is 4.90 Å². The molecule has 0 aromatic heterocycles. The summed E-state index contributed by atoms with van der Waals surface area (Å²) in [7, 11) is 0. The number of anilines is 1. The number of nitrogens with zero attached hydrogens (tertiary/aromatic N) is 2. The summed E-state index contributed by atoms with van der Waals surface area (Å²) in [5.41, 5.74) is 2.05. The van der Waals surface area contributed by atoms with Crippen molar-refractivity contribution in [1.82, 2.24) is 0 Å². The number of halogens is 2. The van der Waals surface area contributed by atoms with Gasteiger partial charge in [-0.2, -0.15) is 4.39 Å². The first-order chi connectivity index (χ1) is 10.1. The molecule has 0 spiro atoms. The van der Waals surface area contributed by atoms with Crippen LogP contribution in [0.5, 0.6) is 0 Å². The Balaban J connectivity index is 1.99. The largest absolute Gasteiger partial charge is 0.361 e. The molecule has 0 atom stereocenters. The molecule has 21 heavy (non-hydrogen) atoms. The molecule has 0 bridgehead atoms. The van der Waals surface area contributed by atoms with Crippen LogP contribution >= 0.6 is 11.6 Å². The highest BCUT2D eigenvalue weighted by molar-refractivity contribution is 6.30. The fraction of sp³-hybridized carbons (Fsp3) is 0.200. The van der Waals surface area contributed by atoms with E-state index in [1.807, 2.05) is 17.0 Å². The fourth-order valence-electron chi connectivity index (χ4n) is 2.67. The van der Waals surface area contributed by atoms with Gasteiger partial charge in [0.1, 0.15) is 5.69 Å². The molecular weight excluding hydrogens is 295 g/mol. The van der Waals surface area contributed by atoms with Crippen LogP contribution in [-0.4, -0.2) is 11.5 Å². The van der Waals surface area contributed by atoms with Gasteiger partial charge >= 0.3 is 5.69 Å². The zero-order valence-corrected chi connectivity index (χ0v) is 11.8. The van der Waals surface area contributed by atoms with Gasteiger partial charge in [-0.15, -0.1) is 0 Å². The SMILES string of the molecule is O=[N+]([O-])c1c(F)cccc1N1CCc2cc(Cl)ccc2C1. The van der Waals surface area contributed by atoms with Gasteiger partial charge in [0.25, 0.3) is 0 Å². The van der Waals surface area contributed by atoms with Gasteiger partial charge in [0, 0.05) is 18.1 Å². The second-order valence-electron chi connectivity index (χ2n) is 4.95. The van der Waals surface area contributed by atoms with Crippen molar-refractivity contribution in [3.05, 3.63) is 68.5 Å². The molecule has 1 aliphatic rings. The van der Waals surface area contributed by atoms with E-state index in [1.165, 1.54) is 6.07 Å². The number of nitro groups is 1. The molecular formula is C15H12ClFN2O2. The van der Waals surface area contributed by atoms with Crippen molar-refractivity contribution in [3.8, 4) is 0 Å². The lowest BCUT2D eigenvalue weighted by Crippen LogP contribution is -2.31. The van der Waals surface area contributed by atoms with Crippen LogP contribution in [0, 0.1) is 15.9 Å². The molecule has 0 unspecified atom stereocenters. The Morgan fingerprint density at radius 1 is 1.24 bits per heavy atom. The Kier molecular flexibility index (Phi) is 3.51. The second-order valence-corrected chi connectivity index (χ2v) is 5.39. The quantitative estimate of drug-likeness (QED) is 0.623. The fourth-order valence-corrected chi connectivity index (χ4v) is 2.86. The Morgan fingerprint density at radius 3 is 2.81 bits per heavy atom. The number of fused-ring (bicyclic) bond motifs is 1. The lowest BCUT2D eigenvalue weighted by atomic mass is 9.99. The zero-order chi connectivity index (χ0) is 15.0. The van der Waals surface area contributed by atoms with Gasteiger partial charge in [0.15, 0.2) is 0 Å². The molecule has 2 aromatic rings. The highest BCUT2D eigenvalue weighted by atomic mass is 35.5. The summed E-state index contributed by atoms with van der Waals surface area (Å²) in [5, 5.41) is 11.8. The molecule has 6 heteroatoms. The topological polar surface area (TPSA) is 46.4 Å². The summed E-state index contributed by atoms with van der Waals surface area (Å²) in [6.07, 6.45) is 0.726. The number of nitro benzene ring substituents is 1. The standard InChI is InChI=1S/C15H12ClFN2O2/c16-12-5-4-11-9-18(7-6-10(11)8-12)14-3-1-2-13(17)15(14)19(20)21/h1-5,8H,6-7,9H2. The van der Waals surface area contributed by atoms with Crippen LogP contribution in [0.15, 0.2) is 36.4 Å². The lowest BCUT2D eigenvalue weighted by molar-refractivity contribution is -0.386. The highest BCUT2D eigenvalue weighted by Crippen LogP contribution is 2.34. The first-order valence-corrected chi connectivity index (χ1v) is 6.89. The Morgan fingerprint density at radius 2 is 2.05 bits per heavy atom. The molecule has 1 heterocycles. The first kappa shape index (κ1) is 13.8. The Labute approximate surface area is 125 Å². The minimum absolute atomic E-state index is 0.320. The zero-order valence-electron chi connectivity index (χ0n) is 11.1. The van der Waals surface area contributed by atoms with E-state index >= 15 is 0 Å². The monoisotopic (exact) mass is 306 g/mol. The van der Waals surface area contributed by atoms with Crippen LogP contribution in [0.2, 0.25) is 5.02 Å². The summed E-state index contributed by atoms with van der Waals surface area (Å²) in [6, 6.07) is 9.81. The van der Waals surface area contributed by atoms with E-state index in [-0.39, 0.29) is 0 Å². The van der Waals surface area contributed by atoms with Crippen molar-refractivity contribution in [2.45, 2.75) is 13.0 Å². The van der Waals surface area contributed by atoms with Crippen molar-refractivity contribution in [2.24, 2.45) is 0 Å². The third kappa shape index (κ3) is 2.56. The predicted molar refractivity (Wildman–Crippen MR) is 79.3 cm³/mol. The Hall–Kier alpha value is -2.14. The summed E-state index contributed by atoms with van der Waals surface area (Å²) in [6.45, 7) is 1.11. The summed E-state index contributed by atoms with van der Waals surface area (Å²) in [5.74, 6) is -0.806. The molecule has 0 radical (unpaired) electrons. The summed E-state index contributed by atoms with van der Waals surface area (Å²) in [4.78, 5) is 12.3. The van der Waals surface area contributed by atoms with Gasteiger partial charge in [-0.1, -0.05) is 23.7 Å². The molecule has 0 N–H and O–H groups in total. The van der Waals surface area contributed by atoms with Gasteiger partial charge in [-0.3, -0.25) is 10.1 Å². The van der Waals surface area contributed by atoms with Gasteiger partial charge in [-0.05, 0) is 41.8 Å². The van der Waals surface area contributed by atoms with E-state index in [4.69, 9.17) is 11.6 Å². The van der Waals surface area contributed by atoms with Crippen LogP contribution in [0.25, 0.3) is 0 Å². The van der Waals surface area contributed by atoms with Gasteiger partial charge in [-0.25, -0.2) is 0 Å². The lowest BCUT2D eigenvalue weighted by Gasteiger charge is -2.30. The highest BCUT2D eigenvalue weighted by Gasteiger charge is 2.26. The molecule has 3 rings (SSSR count). The molecule has 0 aliphatic carbocycles. The van der Waals surface area contributed by atoms with E-state index in [0.29, 0.717) is 23.8 Å². The average molecular weight is 307 g/mol. The molecule has 1 aliphatic heterocycles. The number of para-hydroxylation sites is 1. The number of benzene rings is 2. The normalized spacial score (nSPS) is 13.9. The van der Waals surface area contributed by atoms with E-state index < -0.39 is 16.4 Å². The van der Waals surface area contributed by atoms with Crippen molar-refractivity contribution >= 4 is 23.0 Å². The first-order valence-electron chi connectivity index (χ1n) is 6.51. The smallest absolute Gasteiger partial charge is 0.327 e.